The zero-order valence-electron chi connectivity index (χ0n) is 10.3. The minimum atomic E-state index is 0. The summed E-state index contributed by atoms with van der Waals surface area (Å²) in [5.41, 5.74) is 2.75. The van der Waals surface area contributed by atoms with Crippen LogP contribution < -0.4 is 4.74 Å². The summed E-state index contributed by atoms with van der Waals surface area (Å²) in [5, 5.41) is 0. The first-order valence-corrected chi connectivity index (χ1v) is 5.51. The zero-order valence-corrected chi connectivity index (χ0v) is 14.4. The predicted molar refractivity (Wildman–Crippen MR) is 64.7 cm³/mol. The van der Waals surface area contributed by atoms with E-state index in [0.717, 1.165) is 25.0 Å². The second-order valence-corrected chi connectivity index (χ2v) is 3.83. The molecular formula is C14H20OU. The molecule has 1 aliphatic rings. The number of fused-ring (bicyclic) bond motifs is 1. The van der Waals surface area contributed by atoms with Gasteiger partial charge in [-0.25, -0.2) is 0 Å². The topological polar surface area (TPSA) is 9.23 Å². The van der Waals surface area contributed by atoms with Gasteiger partial charge in [-0.05, 0) is 30.4 Å². The van der Waals surface area contributed by atoms with Gasteiger partial charge in [-0.3, -0.25) is 0 Å². The van der Waals surface area contributed by atoms with Gasteiger partial charge in [0.25, 0.3) is 0 Å². The van der Waals surface area contributed by atoms with Crippen LogP contribution in [0, 0.1) is 45.1 Å². The summed E-state index contributed by atoms with van der Waals surface area (Å²) in [7, 11) is 0. The second kappa shape index (κ2) is 8.21. The maximum atomic E-state index is 5.63. The third kappa shape index (κ3) is 3.83. The van der Waals surface area contributed by atoms with Gasteiger partial charge in [0.15, 0.2) is 0 Å². The monoisotopic (exact) mass is 442 g/mol. The molecule has 0 bridgehead atoms. The molecule has 86 valence electrons. The summed E-state index contributed by atoms with van der Waals surface area (Å²) in [5.74, 6) is 1.13. The molecule has 0 saturated carbocycles. The fourth-order valence-corrected chi connectivity index (χ4v) is 1.91. The molecule has 0 fully saturated rings. The Kier molecular flexibility index (Phi) is 8.24. The van der Waals surface area contributed by atoms with Crippen molar-refractivity contribution < 1.29 is 35.9 Å². The molecule has 0 amide bonds. The van der Waals surface area contributed by atoms with Gasteiger partial charge >= 0.3 is 31.1 Å². The van der Waals surface area contributed by atoms with E-state index >= 15 is 0 Å². The number of benzene rings is 1. The van der Waals surface area contributed by atoms with E-state index < -0.39 is 0 Å². The van der Waals surface area contributed by atoms with E-state index in [9.17, 15) is 0 Å². The fraction of sp³-hybridized carbons (Fsp3) is 0.429. The minimum Gasteiger partial charge on any atom is -0.662 e. The molecule has 2 heteroatoms. The number of para-hydroxylation sites is 1. The molecule has 16 heavy (non-hydrogen) atoms. The Morgan fingerprint density at radius 2 is 2.19 bits per heavy atom. The Morgan fingerprint density at radius 1 is 1.38 bits per heavy atom. The summed E-state index contributed by atoms with van der Waals surface area (Å²) < 4.78 is 5.63. The fourth-order valence-electron chi connectivity index (χ4n) is 1.91. The van der Waals surface area contributed by atoms with Crippen LogP contribution in [0.15, 0.2) is 18.2 Å². The van der Waals surface area contributed by atoms with Crippen LogP contribution in [0.25, 0.3) is 0 Å². The summed E-state index contributed by atoms with van der Waals surface area (Å²) in [6, 6.07) is 6.52. The van der Waals surface area contributed by atoms with Crippen molar-refractivity contribution in [3.8, 4) is 5.75 Å². The molecule has 1 aromatic carbocycles. The van der Waals surface area contributed by atoms with Crippen molar-refractivity contribution in [1.82, 2.24) is 0 Å². The molecule has 0 radical (unpaired) electrons. The van der Waals surface area contributed by atoms with Gasteiger partial charge in [-0.2, -0.15) is 6.61 Å². The van der Waals surface area contributed by atoms with Crippen LogP contribution in [-0.2, 0) is 12.8 Å². The van der Waals surface area contributed by atoms with Crippen molar-refractivity contribution >= 4 is 0 Å². The van der Waals surface area contributed by atoms with Gasteiger partial charge in [0.2, 0.25) is 0 Å². The van der Waals surface area contributed by atoms with E-state index in [1.165, 1.54) is 24.0 Å². The molecule has 0 spiro atoms. The van der Waals surface area contributed by atoms with E-state index in [4.69, 9.17) is 4.74 Å². The molecule has 1 aromatic rings. The Labute approximate surface area is 123 Å². The van der Waals surface area contributed by atoms with Crippen molar-refractivity contribution in [2.75, 3.05) is 0 Å². The molecular weight excluding hydrogens is 422 g/mol. The SMILES string of the molecule is CCCCc1cccc2c1O[CH-]CC2.[CH3-].[U+2]. The molecule has 0 saturated heterocycles. The largest absolute Gasteiger partial charge is 2.00 e. The summed E-state index contributed by atoms with van der Waals surface area (Å²) >= 11 is 0. The first-order valence-electron chi connectivity index (χ1n) is 5.51. The maximum Gasteiger partial charge on any atom is 2.00 e. The number of ether oxygens (including phenoxy) is 1. The van der Waals surface area contributed by atoms with Crippen LogP contribution in [0.5, 0.6) is 5.75 Å². The standard InChI is InChI=1S/C13H17O.CH3.U/c1-2-3-6-11-7-4-8-12-9-5-10-14-13(11)12;;/h4,7-8,10H,2-3,5-6,9H2,1H3;1H3;/q2*-1;+2. The Balaban J connectivity index is 0.00000112. The first-order chi connectivity index (χ1) is 6.92. The third-order valence-electron chi connectivity index (χ3n) is 2.71. The minimum absolute atomic E-state index is 0. The van der Waals surface area contributed by atoms with Crippen LogP contribution in [0.4, 0.5) is 0 Å². The quantitative estimate of drug-likeness (QED) is 0.644. The molecule has 0 unspecified atom stereocenters. The number of hydrogen-bond acceptors (Lipinski definition) is 1. The van der Waals surface area contributed by atoms with Gasteiger partial charge in [0.05, 0.1) is 5.75 Å². The van der Waals surface area contributed by atoms with Gasteiger partial charge in [0, 0.05) is 0 Å². The van der Waals surface area contributed by atoms with Crippen LogP contribution in [-0.4, -0.2) is 0 Å². The van der Waals surface area contributed by atoms with E-state index in [0.29, 0.717) is 0 Å². The molecule has 0 atom stereocenters. The van der Waals surface area contributed by atoms with Crippen LogP contribution in [0.2, 0.25) is 0 Å². The first kappa shape index (κ1) is 16.1. The van der Waals surface area contributed by atoms with Crippen LogP contribution in [0.3, 0.4) is 0 Å². The smallest absolute Gasteiger partial charge is 0.662 e. The molecule has 1 aliphatic heterocycles. The molecule has 2 rings (SSSR count). The van der Waals surface area contributed by atoms with Crippen LogP contribution >= 0.6 is 0 Å². The summed E-state index contributed by atoms with van der Waals surface area (Å²) in [4.78, 5) is 0. The van der Waals surface area contributed by atoms with Crippen molar-refractivity contribution in [2.45, 2.75) is 39.0 Å². The normalized spacial score (nSPS) is 12.8. The van der Waals surface area contributed by atoms with Gasteiger partial charge < -0.3 is 12.2 Å². The average molecular weight is 442 g/mol. The second-order valence-electron chi connectivity index (χ2n) is 3.83. The van der Waals surface area contributed by atoms with E-state index in [-0.39, 0.29) is 38.5 Å². The number of unbranched alkanes of at least 4 members (excludes halogenated alkanes) is 1. The van der Waals surface area contributed by atoms with E-state index in [1.54, 1.807) is 0 Å². The van der Waals surface area contributed by atoms with Gasteiger partial charge in [-0.1, -0.05) is 31.5 Å². The average Bonchev–Trinajstić information content (AvgIpc) is 2.26. The van der Waals surface area contributed by atoms with Crippen molar-refractivity contribution in [3.05, 3.63) is 43.4 Å². The van der Waals surface area contributed by atoms with Crippen molar-refractivity contribution in [1.29, 1.82) is 0 Å². The zero-order chi connectivity index (χ0) is 9.80. The molecule has 0 aliphatic carbocycles. The Morgan fingerprint density at radius 3 is 2.94 bits per heavy atom. The Hall–Kier alpha value is 0.0719. The molecule has 0 aromatic heterocycles. The summed E-state index contributed by atoms with van der Waals surface area (Å²) in [6.45, 7) is 4.15. The Bertz CT molecular complexity index is 310. The molecule has 1 heterocycles. The summed E-state index contributed by atoms with van der Waals surface area (Å²) in [6.07, 6.45) is 5.82. The van der Waals surface area contributed by atoms with Gasteiger partial charge in [0.1, 0.15) is 0 Å². The van der Waals surface area contributed by atoms with Gasteiger partial charge in [-0.15, -0.1) is 6.42 Å². The van der Waals surface area contributed by atoms with Crippen LogP contribution in [0.1, 0.15) is 37.3 Å². The number of hydrogen-bond donors (Lipinski definition) is 0. The third-order valence-corrected chi connectivity index (χ3v) is 2.71. The van der Waals surface area contributed by atoms with E-state index in [1.807, 2.05) is 6.61 Å². The predicted octanol–water partition coefficient (Wildman–Crippen LogP) is 3.97. The van der Waals surface area contributed by atoms with Crippen molar-refractivity contribution in [2.24, 2.45) is 0 Å². The number of rotatable bonds is 3. The maximum absolute atomic E-state index is 5.63. The van der Waals surface area contributed by atoms with Crippen molar-refractivity contribution in [3.63, 3.8) is 0 Å². The molecule has 1 nitrogen and oxygen atoms in total. The number of aryl methyl sites for hydroxylation is 2. The molecule has 0 N–H and O–H groups in total. The van der Waals surface area contributed by atoms with E-state index in [2.05, 4.69) is 25.1 Å².